The fraction of sp³-hybridized carbons (Fsp3) is 0.412. The van der Waals surface area contributed by atoms with Crippen molar-refractivity contribution < 1.29 is 9.53 Å². The number of likely N-dealkylation sites (tertiary alicyclic amines) is 1. The number of nitrogens with two attached hydrogens (primary N) is 1. The minimum Gasteiger partial charge on any atom is -0.444 e. The van der Waals surface area contributed by atoms with Gasteiger partial charge in [-0.05, 0) is 39.3 Å². The summed E-state index contributed by atoms with van der Waals surface area (Å²) in [6.07, 6.45) is 2.31. The molecule has 0 spiro atoms. The standard InChI is InChI=1S/C17H22N4O2/c1-17(2,3)23-16(22)20-10-9-14(20)15-13(18)11-21(19-15)12-7-5-4-6-8-12/h4-8,11,14H,9-10,18H2,1-3H3. The van der Waals surface area contributed by atoms with E-state index in [-0.39, 0.29) is 12.1 Å². The number of anilines is 1. The normalized spacial score (nSPS) is 17.7. The predicted octanol–water partition coefficient (Wildman–Crippen LogP) is 3.14. The Kier molecular flexibility index (Phi) is 3.75. The smallest absolute Gasteiger partial charge is 0.410 e. The summed E-state index contributed by atoms with van der Waals surface area (Å²) in [7, 11) is 0. The number of para-hydroxylation sites is 1. The Bertz CT molecular complexity index is 703. The van der Waals surface area contributed by atoms with Gasteiger partial charge in [0.05, 0.1) is 23.6 Å². The van der Waals surface area contributed by atoms with Crippen LogP contribution in [0.15, 0.2) is 36.5 Å². The van der Waals surface area contributed by atoms with Crippen LogP contribution in [0.1, 0.15) is 38.9 Å². The third-order valence-electron chi connectivity index (χ3n) is 3.76. The Hall–Kier alpha value is -2.50. The number of carbonyl (C=O) groups excluding carboxylic acids is 1. The van der Waals surface area contributed by atoms with Crippen LogP contribution in [0.2, 0.25) is 0 Å². The van der Waals surface area contributed by atoms with E-state index in [4.69, 9.17) is 10.5 Å². The summed E-state index contributed by atoms with van der Waals surface area (Å²) in [4.78, 5) is 13.9. The van der Waals surface area contributed by atoms with E-state index < -0.39 is 5.60 Å². The lowest BCUT2D eigenvalue weighted by atomic mass is 10.00. The topological polar surface area (TPSA) is 73.4 Å². The van der Waals surface area contributed by atoms with E-state index in [0.29, 0.717) is 12.2 Å². The maximum atomic E-state index is 12.2. The first-order valence-electron chi connectivity index (χ1n) is 7.75. The Balaban J connectivity index is 1.80. The van der Waals surface area contributed by atoms with Gasteiger partial charge in [0.25, 0.3) is 0 Å². The molecule has 1 aromatic carbocycles. The number of aromatic nitrogens is 2. The Morgan fingerprint density at radius 2 is 2.00 bits per heavy atom. The fourth-order valence-electron chi connectivity index (χ4n) is 2.58. The average Bonchev–Trinajstić information content (AvgIpc) is 2.78. The third kappa shape index (κ3) is 3.16. The second kappa shape index (κ2) is 5.61. The summed E-state index contributed by atoms with van der Waals surface area (Å²) in [5.41, 5.74) is 7.86. The van der Waals surface area contributed by atoms with Crippen molar-refractivity contribution in [1.82, 2.24) is 14.7 Å². The van der Waals surface area contributed by atoms with Crippen LogP contribution in [0.3, 0.4) is 0 Å². The largest absolute Gasteiger partial charge is 0.444 e. The number of hydrogen-bond acceptors (Lipinski definition) is 4. The molecule has 1 aromatic heterocycles. The van der Waals surface area contributed by atoms with Crippen molar-refractivity contribution in [2.75, 3.05) is 12.3 Å². The zero-order chi connectivity index (χ0) is 16.6. The summed E-state index contributed by atoms with van der Waals surface area (Å²) >= 11 is 0. The molecule has 0 radical (unpaired) electrons. The Morgan fingerprint density at radius 1 is 1.30 bits per heavy atom. The van der Waals surface area contributed by atoms with Crippen molar-refractivity contribution in [3.05, 3.63) is 42.2 Å². The van der Waals surface area contributed by atoms with Gasteiger partial charge in [-0.15, -0.1) is 0 Å². The van der Waals surface area contributed by atoms with Gasteiger partial charge in [-0.3, -0.25) is 4.90 Å². The molecular weight excluding hydrogens is 292 g/mol. The van der Waals surface area contributed by atoms with Crippen LogP contribution in [0.5, 0.6) is 0 Å². The van der Waals surface area contributed by atoms with E-state index >= 15 is 0 Å². The van der Waals surface area contributed by atoms with Crippen molar-refractivity contribution in [2.45, 2.75) is 38.8 Å². The molecule has 122 valence electrons. The number of amides is 1. The molecule has 2 heterocycles. The number of rotatable bonds is 2. The first-order chi connectivity index (χ1) is 10.8. The second-order valence-electron chi connectivity index (χ2n) is 6.73. The van der Waals surface area contributed by atoms with Gasteiger partial charge in [0.1, 0.15) is 11.3 Å². The molecule has 1 saturated heterocycles. The molecule has 2 aromatic rings. The van der Waals surface area contributed by atoms with Gasteiger partial charge in [-0.25, -0.2) is 9.48 Å². The van der Waals surface area contributed by atoms with Crippen molar-refractivity contribution in [3.63, 3.8) is 0 Å². The lowest BCUT2D eigenvalue weighted by Crippen LogP contribution is -2.47. The van der Waals surface area contributed by atoms with Crippen LogP contribution in [-0.2, 0) is 4.74 Å². The quantitative estimate of drug-likeness (QED) is 0.924. The molecule has 1 atom stereocenters. The van der Waals surface area contributed by atoms with E-state index in [9.17, 15) is 4.79 Å². The average molecular weight is 314 g/mol. The van der Waals surface area contributed by atoms with E-state index in [2.05, 4.69) is 5.10 Å². The summed E-state index contributed by atoms with van der Waals surface area (Å²) in [5, 5.41) is 4.57. The Labute approximate surface area is 135 Å². The molecule has 1 aliphatic heterocycles. The summed E-state index contributed by atoms with van der Waals surface area (Å²) in [5.74, 6) is 0. The Morgan fingerprint density at radius 3 is 2.57 bits per heavy atom. The highest BCUT2D eigenvalue weighted by Gasteiger charge is 2.38. The molecule has 1 unspecified atom stereocenters. The third-order valence-corrected chi connectivity index (χ3v) is 3.76. The van der Waals surface area contributed by atoms with Gasteiger partial charge >= 0.3 is 6.09 Å². The molecule has 0 aliphatic carbocycles. The molecule has 2 N–H and O–H groups in total. The number of ether oxygens (including phenoxy) is 1. The molecule has 1 fully saturated rings. The van der Waals surface area contributed by atoms with Crippen molar-refractivity contribution in [1.29, 1.82) is 0 Å². The fourth-order valence-corrected chi connectivity index (χ4v) is 2.58. The zero-order valence-corrected chi connectivity index (χ0v) is 13.7. The number of hydrogen-bond donors (Lipinski definition) is 1. The van der Waals surface area contributed by atoms with Gasteiger partial charge in [0.15, 0.2) is 0 Å². The summed E-state index contributed by atoms with van der Waals surface area (Å²) < 4.78 is 7.18. The maximum Gasteiger partial charge on any atom is 0.410 e. The monoisotopic (exact) mass is 314 g/mol. The van der Waals surface area contributed by atoms with E-state index in [1.165, 1.54) is 0 Å². The summed E-state index contributed by atoms with van der Waals surface area (Å²) in [6, 6.07) is 9.65. The van der Waals surface area contributed by atoms with E-state index in [1.807, 2.05) is 51.1 Å². The van der Waals surface area contributed by atoms with Crippen molar-refractivity contribution in [3.8, 4) is 5.69 Å². The highest BCUT2D eigenvalue weighted by molar-refractivity contribution is 5.70. The lowest BCUT2D eigenvalue weighted by molar-refractivity contribution is -0.00643. The molecule has 1 aliphatic rings. The van der Waals surface area contributed by atoms with Crippen molar-refractivity contribution >= 4 is 11.8 Å². The van der Waals surface area contributed by atoms with E-state index in [1.54, 1.807) is 15.8 Å². The van der Waals surface area contributed by atoms with Crippen LogP contribution in [-0.4, -0.2) is 32.9 Å². The molecular formula is C17H22N4O2. The van der Waals surface area contributed by atoms with Crippen LogP contribution < -0.4 is 5.73 Å². The molecule has 23 heavy (non-hydrogen) atoms. The van der Waals surface area contributed by atoms with E-state index in [0.717, 1.165) is 17.8 Å². The predicted molar refractivity (Wildman–Crippen MR) is 88.3 cm³/mol. The molecule has 3 rings (SSSR count). The summed E-state index contributed by atoms with van der Waals surface area (Å²) in [6.45, 7) is 6.24. The molecule has 1 amide bonds. The minimum absolute atomic E-state index is 0.116. The zero-order valence-electron chi connectivity index (χ0n) is 13.7. The van der Waals surface area contributed by atoms with Gasteiger partial charge in [-0.2, -0.15) is 5.10 Å². The van der Waals surface area contributed by atoms with Crippen LogP contribution in [0.4, 0.5) is 10.5 Å². The second-order valence-corrected chi connectivity index (χ2v) is 6.73. The number of benzene rings is 1. The minimum atomic E-state index is -0.508. The number of nitrogens with zero attached hydrogens (tertiary/aromatic N) is 3. The van der Waals surface area contributed by atoms with Crippen LogP contribution in [0, 0.1) is 0 Å². The van der Waals surface area contributed by atoms with Gasteiger partial charge in [0, 0.05) is 6.54 Å². The molecule has 0 bridgehead atoms. The van der Waals surface area contributed by atoms with Gasteiger partial charge < -0.3 is 10.5 Å². The first kappa shape index (κ1) is 15.4. The molecule has 0 saturated carbocycles. The van der Waals surface area contributed by atoms with Crippen molar-refractivity contribution in [2.24, 2.45) is 0 Å². The number of carbonyl (C=O) groups is 1. The van der Waals surface area contributed by atoms with Crippen LogP contribution in [0.25, 0.3) is 5.69 Å². The molecule has 6 heteroatoms. The van der Waals surface area contributed by atoms with Gasteiger partial charge in [-0.1, -0.05) is 18.2 Å². The number of nitrogen functional groups attached to an aromatic ring is 1. The molecule has 6 nitrogen and oxygen atoms in total. The highest BCUT2D eigenvalue weighted by Crippen LogP contribution is 2.36. The van der Waals surface area contributed by atoms with Crippen LogP contribution >= 0.6 is 0 Å². The highest BCUT2D eigenvalue weighted by atomic mass is 16.6. The first-order valence-corrected chi connectivity index (χ1v) is 7.75. The van der Waals surface area contributed by atoms with Gasteiger partial charge in [0.2, 0.25) is 0 Å². The maximum absolute atomic E-state index is 12.2. The lowest BCUT2D eigenvalue weighted by Gasteiger charge is -2.40. The SMILES string of the molecule is CC(C)(C)OC(=O)N1CCC1c1nn(-c2ccccc2)cc1N.